The summed E-state index contributed by atoms with van der Waals surface area (Å²) in [5, 5.41) is 23.8. The Labute approximate surface area is 232 Å². The third-order valence-electron chi connectivity index (χ3n) is 6.36. The number of hydrogen-bond acceptors (Lipinski definition) is 9. The minimum Gasteiger partial charge on any atom is -0.508 e. The zero-order chi connectivity index (χ0) is 28.5. The first-order valence-corrected chi connectivity index (χ1v) is 13.0. The highest BCUT2D eigenvalue weighted by molar-refractivity contribution is 5.92. The molecule has 0 aromatic heterocycles. The van der Waals surface area contributed by atoms with E-state index < -0.39 is 18.0 Å². The molecule has 0 unspecified atom stereocenters. The fourth-order valence-electron chi connectivity index (χ4n) is 4.22. The zero-order valence-electron chi connectivity index (χ0n) is 22.3. The third-order valence-corrected chi connectivity index (χ3v) is 6.36. The van der Waals surface area contributed by atoms with Gasteiger partial charge in [-0.15, -0.1) is 0 Å². The minimum absolute atomic E-state index is 0.00700. The van der Waals surface area contributed by atoms with Crippen LogP contribution in [0.25, 0.3) is 0 Å². The normalized spacial score (nSPS) is 14.9. The van der Waals surface area contributed by atoms with Crippen LogP contribution >= 0.6 is 0 Å². The highest BCUT2D eigenvalue weighted by Gasteiger charge is 2.21. The van der Waals surface area contributed by atoms with E-state index in [4.69, 9.17) is 24.7 Å². The smallest absolute Gasteiger partial charge is 0.302 e. The van der Waals surface area contributed by atoms with E-state index in [-0.39, 0.29) is 18.5 Å². The van der Waals surface area contributed by atoms with Gasteiger partial charge in [-0.1, -0.05) is 24.3 Å². The number of benzene rings is 3. The molecule has 0 radical (unpaired) electrons. The van der Waals surface area contributed by atoms with Crippen LogP contribution in [-0.4, -0.2) is 54.5 Å². The van der Waals surface area contributed by atoms with Crippen LogP contribution < -0.4 is 20.5 Å². The quantitative estimate of drug-likeness (QED) is 0.186. The standard InChI is InChI=1S/C30H34N2O8/c1-19(33)38-16-24-13-22(6-7-26(24)34)27(35)14-32-10-9-20-5-8-28-29(12-20)40-25(18-39-28)17-37-15-21-3-2-4-23(11-21)30(31)36/h2-8,11-13,25,27,32,34-35H,9-10,14-18H2,1H3,(H2,31,36)/t25-,27+/m1/s1. The number of amides is 1. The van der Waals surface area contributed by atoms with E-state index in [1.165, 1.54) is 13.0 Å². The number of nitrogens with one attached hydrogen (secondary N) is 1. The first kappa shape index (κ1) is 28.9. The van der Waals surface area contributed by atoms with Gasteiger partial charge in [0.2, 0.25) is 5.91 Å². The molecule has 0 fully saturated rings. The third kappa shape index (κ3) is 8.19. The maximum absolute atomic E-state index is 11.4. The number of ether oxygens (including phenoxy) is 4. The molecule has 2 atom stereocenters. The molecular weight excluding hydrogens is 516 g/mol. The number of phenols is 1. The number of carbonyl (C=O) groups is 2. The van der Waals surface area contributed by atoms with E-state index in [0.29, 0.717) is 67.5 Å². The summed E-state index contributed by atoms with van der Waals surface area (Å²) in [5.74, 6) is 0.410. The van der Waals surface area contributed by atoms with Crippen molar-refractivity contribution in [3.63, 3.8) is 0 Å². The van der Waals surface area contributed by atoms with Gasteiger partial charge in [0.25, 0.3) is 0 Å². The summed E-state index contributed by atoms with van der Waals surface area (Å²) < 4.78 is 22.7. The molecule has 0 aliphatic carbocycles. The number of hydrogen-bond donors (Lipinski definition) is 4. The van der Waals surface area contributed by atoms with E-state index in [0.717, 1.165) is 11.1 Å². The van der Waals surface area contributed by atoms with E-state index in [9.17, 15) is 19.8 Å². The summed E-state index contributed by atoms with van der Waals surface area (Å²) in [6.45, 7) is 3.18. The number of nitrogens with two attached hydrogens (primary N) is 1. The van der Waals surface area contributed by atoms with Gasteiger partial charge in [-0.3, -0.25) is 9.59 Å². The number of phenolic OH excluding ortho intramolecular Hbond substituents is 1. The number of rotatable bonds is 13. The van der Waals surface area contributed by atoms with Gasteiger partial charge in [0, 0.05) is 24.6 Å². The fourth-order valence-corrected chi connectivity index (χ4v) is 4.22. The largest absolute Gasteiger partial charge is 0.508 e. The molecule has 0 saturated carbocycles. The van der Waals surface area contributed by atoms with Gasteiger partial charge in [-0.05, 0) is 66.1 Å². The van der Waals surface area contributed by atoms with Crippen LogP contribution in [-0.2, 0) is 33.9 Å². The molecule has 5 N–H and O–H groups in total. The lowest BCUT2D eigenvalue weighted by molar-refractivity contribution is -0.142. The second-order valence-corrected chi connectivity index (χ2v) is 9.55. The van der Waals surface area contributed by atoms with Crippen molar-refractivity contribution in [3.05, 3.63) is 88.5 Å². The lowest BCUT2D eigenvalue weighted by atomic mass is 10.1. The van der Waals surface area contributed by atoms with Crippen LogP contribution in [0.5, 0.6) is 17.2 Å². The van der Waals surface area contributed by atoms with Crippen molar-refractivity contribution in [1.82, 2.24) is 5.32 Å². The van der Waals surface area contributed by atoms with Gasteiger partial charge in [-0.2, -0.15) is 0 Å². The van der Waals surface area contributed by atoms with E-state index in [1.807, 2.05) is 24.3 Å². The fraction of sp³-hybridized carbons (Fsp3) is 0.333. The van der Waals surface area contributed by atoms with Crippen molar-refractivity contribution in [2.75, 3.05) is 26.3 Å². The summed E-state index contributed by atoms with van der Waals surface area (Å²) in [4.78, 5) is 22.4. The first-order chi connectivity index (χ1) is 19.3. The molecular formula is C30H34N2O8. The Kier molecular flexibility index (Phi) is 9.96. The van der Waals surface area contributed by atoms with Gasteiger partial charge in [0.05, 0.1) is 19.3 Å². The molecule has 10 nitrogen and oxygen atoms in total. The van der Waals surface area contributed by atoms with Crippen molar-refractivity contribution in [2.24, 2.45) is 5.73 Å². The highest BCUT2D eigenvalue weighted by Crippen LogP contribution is 2.33. The average molecular weight is 551 g/mol. The molecule has 1 amide bonds. The van der Waals surface area contributed by atoms with Crippen LogP contribution in [0.15, 0.2) is 60.7 Å². The van der Waals surface area contributed by atoms with E-state index in [1.54, 1.807) is 30.3 Å². The molecule has 1 aliphatic rings. The molecule has 10 heteroatoms. The second kappa shape index (κ2) is 13.8. The van der Waals surface area contributed by atoms with Crippen molar-refractivity contribution < 1.29 is 38.7 Å². The van der Waals surface area contributed by atoms with E-state index in [2.05, 4.69) is 5.32 Å². The maximum Gasteiger partial charge on any atom is 0.302 e. The maximum atomic E-state index is 11.4. The van der Waals surface area contributed by atoms with Crippen molar-refractivity contribution in [1.29, 1.82) is 0 Å². The Bertz CT molecular complexity index is 1330. The number of aliphatic hydroxyl groups excluding tert-OH is 1. The van der Waals surface area contributed by atoms with Crippen molar-refractivity contribution in [2.45, 2.75) is 38.8 Å². The molecule has 212 valence electrons. The Morgan fingerprint density at radius 1 is 1.07 bits per heavy atom. The SMILES string of the molecule is CC(=O)OCc1cc([C@@H](O)CNCCc2ccc3c(c2)O[C@H](COCc2cccc(C(N)=O)c2)CO3)ccc1O. The number of aliphatic hydroxyl groups is 1. The summed E-state index contributed by atoms with van der Waals surface area (Å²) in [5.41, 5.74) is 8.71. The number of primary amides is 1. The molecule has 3 aromatic carbocycles. The number of carbonyl (C=O) groups excluding carboxylic acids is 2. The van der Waals surface area contributed by atoms with Crippen LogP contribution in [0.2, 0.25) is 0 Å². The van der Waals surface area contributed by atoms with Gasteiger partial charge >= 0.3 is 5.97 Å². The molecule has 4 rings (SSSR count). The lowest BCUT2D eigenvalue weighted by Gasteiger charge is -2.27. The number of esters is 1. The Morgan fingerprint density at radius 3 is 2.73 bits per heavy atom. The first-order valence-electron chi connectivity index (χ1n) is 13.0. The second-order valence-electron chi connectivity index (χ2n) is 9.55. The molecule has 0 bridgehead atoms. The van der Waals surface area contributed by atoms with Gasteiger partial charge in [0.15, 0.2) is 17.6 Å². The molecule has 1 heterocycles. The van der Waals surface area contributed by atoms with Crippen LogP contribution in [0.4, 0.5) is 0 Å². The predicted octanol–water partition coefficient (Wildman–Crippen LogP) is 2.78. The van der Waals surface area contributed by atoms with Crippen LogP contribution in [0.1, 0.15) is 45.6 Å². The molecule has 3 aromatic rings. The summed E-state index contributed by atoms with van der Waals surface area (Å²) in [6.07, 6.45) is -0.365. The van der Waals surface area contributed by atoms with Crippen LogP contribution in [0, 0.1) is 0 Å². The summed E-state index contributed by atoms with van der Waals surface area (Å²) >= 11 is 0. The Morgan fingerprint density at radius 2 is 1.93 bits per heavy atom. The predicted molar refractivity (Wildman–Crippen MR) is 146 cm³/mol. The lowest BCUT2D eigenvalue weighted by Crippen LogP contribution is -2.33. The van der Waals surface area contributed by atoms with Gasteiger partial charge < -0.3 is 40.2 Å². The highest BCUT2D eigenvalue weighted by atomic mass is 16.6. The van der Waals surface area contributed by atoms with Crippen molar-refractivity contribution >= 4 is 11.9 Å². The van der Waals surface area contributed by atoms with Crippen LogP contribution in [0.3, 0.4) is 0 Å². The summed E-state index contributed by atoms with van der Waals surface area (Å²) in [6, 6.07) is 17.6. The number of aromatic hydroxyl groups is 1. The average Bonchev–Trinajstić information content (AvgIpc) is 2.94. The molecule has 0 spiro atoms. The Balaban J connectivity index is 1.22. The van der Waals surface area contributed by atoms with Gasteiger partial charge in [-0.25, -0.2) is 0 Å². The molecule has 40 heavy (non-hydrogen) atoms. The molecule has 0 saturated heterocycles. The zero-order valence-corrected chi connectivity index (χ0v) is 22.3. The number of fused-ring (bicyclic) bond motifs is 1. The van der Waals surface area contributed by atoms with Gasteiger partial charge in [0.1, 0.15) is 19.0 Å². The topological polar surface area (TPSA) is 150 Å². The molecule has 1 aliphatic heterocycles. The van der Waals surface area contributed by atoms with Crippen molar-refractivity contribution in [3.8, 4) is 17.2 Å². The van der Waals surface area contributed by atoms with E-state index >= 15 is 0 Å². The minimum atomic E-state index is -0.795. The summed E-state index contributed by atoms with van der Waals surface area (Å²) in [7, 11) is 0. The monoisotopic (exact) mass is 550 g/mol. The Hall–Kier alpha value is -4.12.